The lowest BCUT2D eigenvalue weighted by Crippen LogP contribution is -1.85. The Bertz CT molecular complexity index is 919. The summed E-state index contributed by atoms with van der Waals surface area (Å²) >= 11 is 18.8. The van der Waals surface area contributed by atoms with Gasteiger partial charge in [0.15, 0.2) is 0 Å². The first-order chi connectivity index (χ1) is 11.0. The molecule has 0 aliphatic carbocycles. The maximum Gasteiger partial charge on any atom is 0.0939 e. The molecule has 0 unspecified atom stereocenters. The number of benzene rings is 2. The maximum atomic E-state index is 6.04. The topological polar surface area (TPSA) is 30.2 Å². The highest BCUT2D eigenvalue weighted by atomic mass is 79.9. The first-order valence-electron chi connectivity index (χ1n) is 6.71. The molecule has 23 heavy (non-hydrogen) atoms. The number of hydrogen-bond acceptors (Lipinski definition) is 2. The van der Waals surface area contributed by atoms with Crippen LogP contribution in [-0.2, 0) is 13.6 Å². The van der Waals surface area contributed by atoms with Crippen LogP contribution in [0.3, 0.4) is 0 Å². The van der Waals surface area contributed by atoms with Crippen molar-refractivity contribution in [3.8, 4) is 0 Å². The highest BCUT2D eigenvalue weighted by Crippen LogP contribution is 2.31. The molecular formula is C16H11Br2Cl2N3. The fourth-order valence-electron chi connectivity index (χ4n) is 2.27. The zero-order valence-corrected chi connectivity index (χ0v) is 16.7. The highest BCUT2D eigenvalue weighted by molar-refractivity contribution is 9.10. The van der Waals surface area contributed by atoms with Gasteiger partial charge in [0.25, 0.3) is 0 Å². The average molecular weight is 476 g/mol. The number of fused-ring (bicyclic) bond motifs is 2. The predicted octanol–water partition coefficient (Wildman–Crippen LogP) is 6.02. The lowest BCUT2D eigenvalue weighted by molar-refractivity contribution is 0.780. The van der Waals surface area contributed by atoms with Gasteiger partial charge in [0.2, 0.25) is 0 Å². The Morgan fingerprint density at radius 3 is 2.52 bits per heavy atom. The quantitative estimate of drug-likeness (QED) is 0.390. The lowest BCUT2D eigenvalue weighted by Gasteiger charge is -2.00. The molecule has 2 aromatic carbocycles. The van der Waals surface area contributed by atoms with Crippen LogP contribution in [0.4, 0.5) is 0 Å². The van der Waals surface area contributed by atoms with Crippen LogP contribution in [0.2, 0.25) is 10.0 Å². The van der Waals surface area contributed by atoms with Gasteiger partial charge in [0.1, 0.15) is 0 Å². The third-order valence-corrected chi connectivity index (χ3v) is 5.99. The Hall–Kier alpha value is -0.880. The lowest BCUT2D eigenvalue weighted by atomic mass is 10.1. The van der Waals surface area contributed by atoms with Crippen LogP contribution < -0.4 is 0 Å². The Morgan fingerprint density at radius 1 is 1.04 bits per heavy atom. The Morgan fingerprint density at radius 2 is 1.74 bits per heavy atom. The van der Waals surface area contributed by atoms with E-state index in [9.17, 15) is 0 Å². The average Bonchev–Trinajstić information content (AvgIpc) is 3.14. The number of rotatable bonds is 0. The van der Waals surface area contributed by atoms with E-state index < -0.39 is 0 Å². The molecule has 0 spiro atoms. The molecule has 1 aliphatic rings. The van der Waals surface area contributed by atoms with Gasteiger partial charge in [0.05, 0.1) is 22.1 Å². The SMILES string of the molecule is Clc1c(Br)ccc2c1C=NC2.Cn1cc2c(Cl)c(Br)ccc2n1. The first-order valence-corrected chi connectivity index (χ1v) is 9.05. The van der Waals surface area contributed by atoms with E-state index in [-0.39, 0.29) is 0 Å². The smallest absolute Gasteiger partial charge is 0.0939 e. The highest BCUT2D eigenvalue weighted by Gasteiger charge is 2.11. The van der Waals surface area contributed by atoms with Gasteiger partial charge in [-0.05, 0) is 55.6 Å². The van der Waals surface area contributed by atoms with E-state index in [1.807, 2.05) is 43.7 Å². The molecule has 0 atom stereocenters. The molecule has 3 nitrogen and oxygen atoms in total. The normalized spacial score (nSPS) is 12.2. The third-order valence-electron chi connectivity index (χ3n) is 3.40. The number of halogens is 4. The summed E-state index contributed by atoms with van der Waals surface area (Å²) in [5.41, 5.74) is 3.19. The van der Waals surface area contributed by atoms with Crippen molar-refractivity contribution in [1.82, 2.24) is 9.78 Å². The van der Waals surface area contributed by atoms with Crippen molar-refractivity contribution >= 4 is 72.2 Å². The van der Waals surface area contributed by atoms with Crippen molar-refractivity contribution < 1.29 is 0 Å². The summed E-state index contributed by atoms with van der Waals surface area (Å²) in [6, 6.07) is 7.83. The van der Waals surface area contributed by atoms with E-state index in [4.69, 9.17) is 23.2 Å². The molecule has 0 bridgehead atoms. The van der Waals surface area contributed by atoms with E-state index in [1.54, 1.807) is 4.68 Å². The Labute approximate surface area is 160 Å². The minimum absolute atomic E-state index is 0.723. The first kappa shape index (κ1) is 17.0. The van der Waals surface area contributed by atoms with Crippen molar-refractivity contribution in [2.75, 3.05) is 0 Å². The summed E-state index contributed by atoms with van der Waals surface area (Å²) in [5, 5.41) is 6.70. The molecule has 3 aromatic rings. The fourth-order valence-corrected chi connectivity index (χ4v) is 3.40. The minimum atomic E-state index is 0.723. The van der Waals surface area contributed by atoms with E-state index in [0.29, 0.717) is 0 Å². The molecule has 118 valence electrons. The van der Waals surface area contributed by atoms with Crippen LogP contribution in [0.5, 0.6) is 0 Å². The third kappa shape index (κ3) is 3.48. The predicted molar refractivity (Wildman–Crippen MR) is 104 cm³/mol. The molecule has 0 N–H and O–H groups in total. The summed E-state index contributed by atoms with van der Waals surface area (Å²) in [5.74, 6) is 0. The van der Waals surface area contributed by atoms with Crippen LogP contribution in [0.1, 0.15) is 11.1 Å². The summed E-state index contributed by atoms with van der Waals surface area (Å²) in [6.45, 7) is 0.766. The molecule has 1 aromatic heterocycles. The molecule has 0 saturated heterocycles. The molecule has 7 heteroatoms. The molecule has 1 aliphatic heterocycles. The summed E-state index contributed by atoms with van der Waals surface area (Å²) in [4.78, 5) is 4.12. The number of aryl methyl sites for hydroxylation is 1. The van der Waals surface area contributed by atoms with E-state index >= 15 is 0 Å². The van der Waals surface area contributed by atoms with E-state index in [2.05, 4.69) is 42.0 Å². The van der Waals surface area contributed by atoms with E-state index in [1.165, 1.54) is 5.56 Å². The van der Waals surface area contributed by atoms with E-state index in [0.717, 1.165) is 42.0 Å². The molecule has 2 heterocycles. The fraction of sp³-hybridized carbons (Fsp3) is 0.125. The maximum absolute atomic E-state index is 6.04. The number of nitrogens with zero attached hydrogens (tertiary/aromatic N) is 3. The van der Waals surface area contributed by atoms with Gasteiger partial charge in [-0.2, -0.15) is 5.10 Å². The molecule has 4 rings (SSSR count). The number of hydrogen-bond donors (Lipinski definition) is 0. The van der Waals surface area contributed by atoms with Crippen molar-refractivity contribution in [1.29, 1.82) is 0 Å². The Kier molecular flexibility index (Phi) is 5.11. The zero-order chi connectivity index (χ0) is 16.6. The zero-order valence-electron chi connectivity index (χ0n) is 12.0. The second kappa shape index (κ2) is 6.93. The second-order valence-corrected chi connectivity index (χ2v) is 7.47. The van der Waals surface area contributed by atoms with Crippen molar-refractivity contribution in [3.63, 3.8) is 0 Å². The van der Waals surface area contributed by atoms with Gasteiger partial charge in [0, 0.05) is 39.4 Å². The molecule has 0 radical (unpaired) electrons. The van der Waals surface area contributed by atoms with Crippen LogP contribution in [0.15, 0.2) is 44.4 Å². The minimum Gasteiger partial charge on any atom is -0.288 e. The van der Waals surface area contributed by atoms with Gasteiger partial charge in [-0.25, -0.2) is 0 Å². The van der Waals surface area contributed by atoms with Crippen molar-refractivity contribution in [3.05, 3.63) is 60.6 Å². The van der Waals surface area contributed by atoms with Gasteiger partial charge >= 0.3 is 0 Å². The largest absolute Gasteiger partial charge is 0.288 e. The molecule has 0 saturated carbocycles. The molecule has 0 amide bonds. The van der Waals surface area contributed by atoms with Gasteiger partial charge in [-0.15, -0.1) is 0 Å². The monoisotopic (exact) mass is 473 g/mol. The second-order valence-electron chi connectivity index (χ2n) is 5.00. The van der Waals surface area contributed by atoms with Crippen molar-refractivity contribution in [2.24, 2.45) is 12.0 Å². The van der Waals surface area contributed by atoms with Crippen molar-refractivity contribution in [2.45, 2.75) is 6.54 Å². The number of aliphatic imine (C=N–C) groups is 1. The van der Waals surface area contributed by atoms with Crippen LogP contribution >= 0.6 is 55.1 Å². The Balaban J connectivity index is 0.000000136. The van der Waals surface area contributed by atoms with Gasteiger partial charge in [-0.3, -0.25) is 9.67 Å². The van der Waals surface area contributed by atoms with Crippen LogP contribution in [0.25, 0.3) is 10.9 Å². The number of aromatic nitrogens is 2. The summed E-state index contributed by atoms with van der Waals surface area (Å²) in [7, 11) is 1.88. The molecule has 0 fully saturated rings. The molecular weight excluding hydrogens is 465 g/mol. The van der Waals surface area contributed by atoms with Gasteiger partial charge < -0.3 is 0 Å². The summed E-state index contributed by atoms with van der Waals surface area (Å²) < 4.78 is 3.60. The summed E-state index contributed by atoms with van der Waals surface area (Å²) in [6.07, 6.45) is 3.73. The van der Waals surface area contributed by atoms with Crippen LogP contribution in [0, 0.1) is 0 Å². The van der Waals surface area contributed by atoms with Gasteiger partial charge in [-0.1, -0.05) is 29.3 Å². The van der Waals surface area contributed by atoms with Crippen LogP contribution in [-0.4, -0.2) is 16.0 Å². The standard InChI is InChI=1S/C8H6BrClN2.C8H5BrClN/c1-12-4-5-7(11-12)3-2-6(9)8(5)10;9-7-2-1-5-3-11-4-6(5)8(7)10/h2-4H,1H3;1-2,4H,3H2.